The molecule has 1 rings (SSSR count). The van der Waals surface area contributed by atoms with Gasteiger partial charge < -0.3 is 4.74 Å². The molecule has 1 aromatic carbocycles. The molecule has 0 aromatic heterocycles. The van der Waals surface area contributed by atoms with Crippen molar-refractivity contribution >= 4 is 29.4 Å². The standard InChI is InChI=1S/C11H9ClO3/c1-15-11(14)10(13)6-5-8-3-2-4-9(12)7-8/h2-7H,1H3/b6-5+. The van der Waals surface area contributed by atoms with Crippen molar-refractivity contribution in [1.82, 2.24) is 0 Å². The molecule has 0 spiro atoms. The predicted octanol–water partition coefficient (Wildman–Crippen LogP) is 2.10. The summed E-state index contributed by atoms with van der Waals surface area (Å²) < 4.78 is 4.26. The van der Waals surface area contributed by atoms with Crippen molar-refractivity contribution in [3.8, 4) is 0 Å². The molecule has 78 valence electrons. The molecule has 0 aliphatic rings. The number of carbonyl (C=O) groups excluding carboxylic acids is 2. The number of hydrogen-bond acceptors (Lipinski definition) is 3. The van der Waals surface area contributed by atoms with E-state index in [2.05, 4.69) is 4.74 Å². The molecular weight excluding hydrogens is 216 g/mol. The Balaban J connectivity index is 2.74. The first-order valence-electron chi connectivity index (χ1n) is 4.19. The van der Waals surface area contributed by atoms with Gasteiger partial charge in [-0.25, -0.2) is 4.79 Å². The lowest BCUT2D eigenvalue weighted by Gasteiger charge is -1.94. The van der Waals surface area contributed by atoms with Crippen molar-refractivity contribution in [3.63, 3.8) is 0 Å². The van der Waals surface area contributed by atoms with Gasteiger partial charge in [-0.2, -0.15) is 0 Å². The van der Waals surface area contributed by atoms with E-state index in [1.807, 2.05) is 0 Å². The fourth-order valence-electron chi connectivity index (χ4n) is 0.951. The molecule has 0 N–H and O–H groups in total. The average Bonchev–Trinajstić information content (AvgIpc) is 2.25. The van der Waals surface area contributed by atoms with Crippen LogP contribution in [-0.2, 0) is 14.3 Å². The van der Waals surface area contributed by atoms with E-state index in [0.717, 1.165) is 18.7 Å². The number of halogens is 1. The maximum atomic E-state index is 11.0. The molecule has 15 heavy (non-hydrogen) atoms. The number of hydrogen-bond donors (Lipinski definition) is 0. The van der Waals surface area contributed by atoms with Crippen LogP contribution in [0.4, 0.5) is 0 Å². The van der Waals surface area contributed by atoms with Crippen LogP contribution in [0.2, 0.25) is 5.02 Å². The van der Waals surface area contributed by atoms with E-state index in [-0.39, 0.29) is 0 Å². The number of esters is 1. The maximum Gasteiger partial charge on any atom is 0.378 e. The van der Waals surface area contributed by atoms with Gasteiger partial charge in [0.2, 0.25) is 0 Å². The van der Waals surface area contributed by atoms with Gasteiger partial charge in [0.25, 0.3) is 5.78 Å². The van der Waals surface area contributed by atoms with Gasteiger partial charge in [-0.05, 0) is 23.8 Å². The van der Waals surface area contributed by atoms with Crippen LogP contribution in [0, 0.1) is 0 Å². The molecule has 4 heteroatoms. The second kappa shape index (κ2) is 5.32. The summed E-state index contributed by atoms with van der Waals surface area (Å²) in [5.74, 6) is -1.58. The zero-order chi connectivity index (χ0) is 11.3. The lowest BCUT2D eigenvalue weighted by Crippen LogP contribution is -2.11. The van der Waals surface area contributed by atoms with Gasteiger partial charge >= 0.3 is 5.97 Å². The van der Waals surface area contributed by atoms with E-state index in [1.165, 1.54) is 6.08 Å². The summed E-state index contributed by atoms with van der Waals surface area (Å²) in [4.78, 5) is 21.8. The molecule has 3 nitrogen and oxygen atoms in total. The van der Waals surface area contributed by atoms with Gasteiger partial charge in [-0.15, -0.1) is 0 Å². The molecule has 1 aromatic rings. The number of ether oxygens (including phenoxy) is 1. The Morgan fingerprint density at radius 1 is 1.40 bits per heavy atom. The fourth-order valence-corrected chi connectivity index (χ4v) is 1.15. The van der Waals surface area contributed by atoms with E-state index in [4.69, 9.17) is 11.6 Å². The summed E-state index contributed by atoms with van der Waals surface area (Å²) in [6.45, 7) is 0. The summed E-state index contributed by atoms with van der Waals surface area (Å²) in [5.41, 5.74) is 0.750. The zero-order valence-electron chi connectivity index (χ0n) is 8.07. The molecule has 0 aliphatic carbocycles. The van der Waals surface area contributed by atoms with Gasteiger partial charge in [0.15, 0.2) is 0 Å². The lowest BCUT2D eigenvalue weighted by molar-refractivity contribution is -0.149. The highest BCUT2D eigenvalue weighted by Gasteiger charge is 2.08. The highest BCUT2D eigenvalue weighted by Crippen LogP contribution is 2.11. The Hall–Kier alpha value is -1.61. The second-order valence-electron chi connectivity index (χ2n) is 2.74. The highest BCUT2D eigenvalue weighted by molar-refractivity contribution is 6.39. The van der Waals surface area contributed by atoms with Crippen LogP contribution in [-0.4, -0.2) is 18.9 Å². The Bertz CT molecular complexity index is 410. The molecule has 0 aliphatic heterocycles. The molecule has 0 radical (unpaired) electrons. The summed E-state index contributed by atoms with van der Waals surface area (Å²) in [5, 5.41) is 0.572. The van der Waals surface area contributed by atoms with Crippen molar-refractivity contribution in [2.45, 2.75) is 0 Å². The predicted molar refractivity (Wildman–Crippen MR) is 57.5 cm³/mol. The molecule has 0 saturated carbocycles. The monoisotopic (exact) mass is 224 g/mol. The number of methoxy groups -OCH3 is 1. The first-order valence-corrected chi connectivity index (χ1v) is 4.57. The van der Waals surface area contributed by atoms with Crippen LogP contribution in [0.5, 0.6) is 0 Å². The topological polar surface area (TPSA) is 43.4 Å². The summed E-state index contributed by atoms with van der Waals surface area (Å²) in [6, 6.07) is 6.93. The number of benzene rings is 1. The molecule has 0 heterocycles. The summed E-state index contributed by atoms with van der Waals surface area (Å²) >= 11 is 5.74. The molecule has 0 atom stereocenters. The van der Waals surface area contributed by atoms with Crippen LogP contribution in [0.15, 0.2) is 30.3 Å². The van der Waals surface area contributed by atoms with E-state index < -0.39 is 11.8 Å². The third-order valence-corrected chi connectivity index (χ3v) is 1.90. The summed E-state index contributed by atoms with van der Waals surface area (Å²) in [7, 11) is 1.16. The molecule has 0 amide bonds. The second-order valence-corrected chi connectivity index (χ2v) is 3.18. The van der Waals surface area contributed by atoms with E-state index >= 15 is 0 Å². The zero-order valence-corrected chi connectivity index (χ0v) is 8.82. The summed E-state index contributed by atoms with van der Waals surface area (Å²) in [6.07, 6.45) is 2.66. The lowest BCUT2D eigenvalue weighted by atomic mass is 10.2. The van der Waals surface area contributed by atoms with Gasteiger partial charge in [0, 0.05) is 5.02 Å². The largest absolute Gasteiger partial charge is 0.463 e. The Morgan fingerprint density at radius 2 is 2.13 bits per heavy atom. The van der Waals surface area contributed by atoms with Crippen molar-refractivity contribution in [2.75, 3.05) is 7.11 Å². The van der Waals surface area contributed by atoms with E-state index in [9.17, 15) is 9.59 Å². The van der Waals surface area contributed by atoms with Gasteiger partial charge in [0.1, 0.15) is 0 Å². The van der Waals surface area contributed by atoms with Crippen LogP contribution in [0.3, 0.4) is 0 Å². The third-order valence-electron chi connectivity index (χ3n) is 1.66. The van der Waals surface area contributed by atoms with Crippen LogP contribution in [0.25, 0.3) is 6.08 Å². The van der Waals surface area contributed by atoms with Crippen molar-refractivity contribution in [2.24, 2.45) is 0 Å². The number of ketones is 1. The van der Waals surface area contributed by atoms with E-state index in [0.29, 0.717) is 5.02 Å². The quantitative estimate of drug-likeness (QED) is 0.449. The minimum absolute atomic E-state index is 0.572. The van der Waals surface area contributed by atoms with Crippen LogP contribution in [0.1, 0.15) is 5.56 Å². The van der Waals surface area contributed by atoms with E-state index in [1.54, 1.807) is 24.3 Å². The molecule has 0 saturated heterocycles. The smallest absolute Gasteiger partial charge is 0.378 e. The van der Waals surface area contributed by atoms with Crippen molar-refractivity contribution in [1.29, 1.82) is 0 Å². The van der Waals surface area contributed by atoms with Gasteiger partial charge in [-0.1, -0.05) is 29.8 Å². The number of carbonyl (C=O) groups is 2. The molecule has 0 bridgehead atoms. The van der Waals surface area contributed by atoms with Crippen molar-refractivity contribution in [3.05, 3.63) is 40.9 Å². The van der Waals surface area contributed by atoms with Crippen LogP contribution < -0.4 is 0 Å². The number of rotatable bonds is 3. The van der Waals surface area contributed by atoms with Crippen LogP contribution >= 0.6 is 11.6 Å². The molecular formula is C11H9ClO3. The Labute approximate surface area is 92.3 Å². The Morgan fingerprint density at radius 3 is 2.73 bits per heavy atom. The minimum Gasteiger partial charge on any atom is -0.463 e. The van der Waals surface area contributed by atoms with Gasteiger partial charge in [0.05, 0.1) is 7.11 Å². The first-order chi connectivity index (χ1) is 7.13. The highest BCUT2D eigenvalue weighted by atomic mass is 35.5. The minimum atomic E-state index is -0.881. The fraction of sp³-hybridized carbons (Fsp3) is 0.0909. The SMILES string of the molecule is COC(=O)C(=O)/C=C/c1cccc(Cl)c1. The first kappa shape index (κ1) is 11.5. The average molecular weight is 225 g/mol. The maximum absolute atomic E-state index is 11.0. The molecule has 0 fully saturated rings. The Kier molecular flexibility index (Phi) is 4.06. The molecule has 0 unspecified atom stereocenters. The van der Waals surface area contributed by atoms with Gasteiger partial charge in [-0.3, -0.25) is 4.79 Å². The third kappa shape index (κ3) is 3.56. The van der Waals surface area contributed by atoms with Crippen molar-refractivity contribution < 1.29 is 14.3 Å². The normalized spacial score (nSPS) is 10.3.